The fraction of sp³-hybridized carbons (Fsp3) is 0.556. The Labute approximate surface area is 147 Å². The van der Waals surface area contributed by atoms with Crippen LogP contribution in [0, 0.1) is 25.2 Å². The maximum atomic E-state index is 12.5. The number of carbonyl (C=O) groups excluding carboxylic acids is 2. The molecule has 1 aromatic rings. The second-order valence-electron chi connectivity index (χ2n) is 6.41. The number of nitriles is 1. The van der Waals surface area contributed by atoms with Crippen molar-refractivity contribution in [3.63, 3.8) is 0 Å². The van der Waals surface area contributed by atoms with E-state index in [1.807, 2.05) is 6.07 Å². The predicted octanol–water partition coefficient (Wildman–Crippen LogP) is 0.877. The number of pyridine rings is 1. The first kappa shape index (κ1) is 18.7. The number of nitrogens with zero attached hydrogens (tertiary/aromatic N) is 3. The van der Waals surface area contributed by atoms with Crippen molar-refractivity contribution in [1.29, 1.82) is 5.26 Å². The van der Waals surface area contributed by atoms with Gasteiger partial charge in [-0.25, -0.2) is 0 Å². The van der Waals surface area contributed by atoms with E-state index < -0.39 is 0 Å². The molecular weight excluding hydrogens is 320 g/mol. The van der Waals surface area contributed by atoms with Crippen LogP contribution in [0.5, 0.6) is 0 Å². The number of hydrogen-bond acceptors (Lipinski definition) is 4. The van der Waals surface area contributed by atoms with Gasteiger partial charge in [0, 0.05) is 45.2 Å². The minimum Gasteiger partial charge on any atom is -0.341 e. The van der Waals surface area contributed by atoms with Crippen LogP contribution >= 0.6 is 0 Å². The van der Waals surface area contributed by atoms with E-state index in [1.165, 1.54) is 0 Å². The third-order valence-electron chi connectivity index (χ3n) is 4.80. The van der Waals surface area contributed by atoms with Crippen molar-refractivity contribution in [2.45, 2.75) is 40.0 Å². The minimum absolute atomic E-state index is 0.0360. The largest absolute Gasteiger partial charge is 0.341 e. The Kier molecular flexibility index (Phi) is 5.97. The number of carbonyl (C=O) groups is 2. The van der Waals surface area contributed by atoms with E-state index in [0.29, 0.717) is 50.3 Å². The second kappa shape index (κ2) is 7.97. The van der Waals surface area contributed by atoms with Gasteiger partial charge in [-0.3, -0.25) is 14.4 Å². The van der Waals surface area contributed by atoms with Crippen LogP contribution in [-0.4, -0.2) is 52.8 Å². The van der Waals surface area contributed by atoms with Crippen molar-refractivity contribution in [3.05, 3.63) is 32.7 Å². The molecule has 7 nitrogen and oxygen atoms in total. The van der Waals surface area contributed by atoms with Crippen molar-refractivity contribution in [1.82, 2.24) is 14.8 Å². The highest BCUT2D eigenvalue weighted by atomic mass is 16.2. The molecule has 7 heteroatoms. The van der Waals surface area contributed by atoms with Gasteiger partial charge in [0.25, 0.3) is 5.56 Å². The average molecular weight is 344 g/mol. The fourth-order valence-electron chi connectivity index (χ4n) is 3.29. The van der Waals surface area contributed by atoms with Crippen LogP contribution in [0.4, 0.5) is 0 Å². The van der Waals surface area contributed by atoms with Gasteiger partial charge in [0.15, 0.2) is 0 Å². The summed E-state index contributed by atoms with van der Waals surface area (Å²) in [6.45, 7) is 7.52. The zero-order valence-corrected chi connectivity index (χ0v) is 15.0. The van der Waals surface area contributed by atoms with Crippen molar-refractivity contribution in [2.75, 3.05) is 26.2 Å². The molecule has 2 rings (SSSR count). The molecule has 0 saturated carbocycles. The summed E-state index contributed by atoms with van der Waals surface area (Å²) in [4.78, 5) is 42.0. The third kappa shape index (κ3) is 4.27. The monoisotopic (exact) mass is 344 g/mol. The Morgan fingerprint density at radius 3 is 2.44 bits per heavy atom. The van der Waals surface area contributed by atoms with Crippen molar-refractivity contribution in [2.24, 2.45) is 0 Å². The van der Waals surface area contributed by atoms with Crippen molar-refractivity contribution in [3.8, 4) is 6.07 Å². The predicted molar refractivity (Wildman–Crippen MR) is 93.0 cm³/mol. The minimum atomic E-state index is -0.385. The molecule has 0 atom stereocenters. The summed E-state index contributed by atoms with van der Waals surface area (Å²) in [7, 11) is 0. The number of rotatable bonds is 3. The van der Waals surface area contributed by atoms with E-state index in [9.17, 15) is 14.4 Å². The number of aromatic amines is 1. The number of nitrogens with one attached hydrogen (secondary N) is 1. The molecule has 0 bridgehead atoms. The maximum absolute atomic E-state index is 12.5. The Hall–Kier alpha value is -2.62. The van der Waals surface area contributed by atoms with Crippen LogP contribution in [0.15, 0.2) is 4.79 Å². The SMILES string of the molecule is CC(=O)N1CCCN(C(=O)CCc2c(C)[nH]c(=O)c(C#N)c2C)CC1. The van der Waals surface area contributed by atoms with Crippen molar-refractivity contribution < 1.29 is 9.59 Å². The van der Waals surface area contributed by atoms with E-state index in [0.717, 1.165) is 12.0 Å². The summed E-state index contributed by atoms with van der Waals surface area (Å²) in [6, 6.07) is 1.93. The van der Waals surface area contributed by atoms with Crippen LogP contribution in [0.25, 0.3) is 0 Å². The molecule has 25 heavy (non-hydrogen) atoms. The topological polar surface area (TPSA) is 97.3 Å². The molecule has 0 radical (unpaired) electrons. The lowest BCUT2D eigenvalue weighted by atomic mass is 9.99. The van der Waals surface area contributed by atoms with Gasteiger partial charge < -0.3 is 14.8 Å². The standard InChI is InChI=1S/C18H24N4O3/c1-12-15(13(2)20-18(25)16(12)11-19)5-6-17(24)22-8-4-7-21(9-10-22)14(3)23/h4-10H2,1-3H3,(H,20,25). The molecule has 0 spiro atoms. The smallest absolute Gasteiger partial charge is 0.266 e. The lowest BCUT2D eigenvalue weighted by Gasteiger charge is -2.21. The summed E-state index contributed by atoms with van der Waals surface area (Å²) in [5.41, 5.74) is 1.93. The summed E-state index contributed by atoms with van der Waals surface area (Å²) >= 11 is 0. The molecule has 1 aliphatic heterocycles. The number of aromatic nitrogens is 1. The van der Waals surface area contributed by atoms with E-state index in [2.05, 4.69) is 4.98 Å². The molecule has 0 unspecified atom stereocenters. The Bertz CT molecular complexity index is 776. The number of H-pyrrole nitrogens is 1. The molecule has 2 amide bonds. The van der Waals surface area contributed by atoms with Crippen LogP contribution in [0.2, 0.25) is 0 Å². The first-order chi connectivity index (χ1) is 11.8. The zero-order chi connectivity index (χ0) is 18.6. The number of hydrogen-bond donors (Lipinski definition) is 1. The van der Waals surface area contributed by atoms with Gasteiger partial charge in [-0.15, -0.1) is 0 Å². The van der Waals surface area contributed by atoms with Gasteiger partial charge in [-0.05, 0) is 37.8 Å². The molecule has 1 N–H and O–H groups in total. The zero-order valence-electron chi connectivity index (χ0n) is 15.0. The van der Waals surface area contributed by atoms with Gasteiger partial charge >= 0.3 is 0 Å². The highest BCUT2D eigenvalue weighted by molar-refractivity contribution is 5.77. The van der Waals surface area contributed by atoms with E-state index >= 15 is 0 Å². The molecule has 1 fully saturated rings. The van der Waals surface area contributed by atoms with Crippen LogP contribution in [-0.2, 0) is 16.0 Å². The van der Waals surface area contributed by atoms with Gasteiger partial charge in [0.1, 0.15) is 11.6 Å². The van der Waals surface area contributed by atoms with Gasteiger partial charge in [0.2, 0.25) is 11.8 Å². The van der Waals surface area contributed by atoms with Crippen LogP contribution in [0.3, 0.4) is 0 Å². The molecule has 134 valence electrons. The highest BCUT2D eigenvalue weighted by Gasteiger charge is 2.21. The molecular formula is C18H24N4O3. The number of amides is 2. The highest BCUT2D eigenvalue weighted by Crippen LogP contribution is 2.16. The van der Waals surface area contributed by atoms with Crippen LogP contribution in [0.1, 0.15) is 42.1 Å². The molecule has 0 aliphatic carbocycles. The normalized spacial score (nSPS) is 14.8. The summed E-state index contributed by atoms with van der Waals surface area (Å²) < 4.78 is 0. The molecule has 1 saturated heterocycles. The lowest BCUT2D eigenvalue weighted by Crippen LogP contribution is -2.36. The number of aryl methyl sites for hydroxylation is 1. The lowest BCUT2D eigenvalue weighted by molar-refractivity contribution is -0.132. The van der Waals surface area contributed by atoms with Gasteiger partial charge in [-0.2, -0.15) is 5.26 Å². The van der Waals surface area contributed by atoms with E-state index in [1.54, 1.807) is 30.6 Å². The maximum Gasteiger partial charge on any atom is 0.266 e. The van der Waals surface area contributed by atoms with E-state index in [4.69, 9.17) is 5.26 Å². The molecule has 1 aromatic heterocycles. The first-order valence-corrected chi connectivity index (χ1v) is 8.51. The quantitative estimate of drug-likeness (QED) is 0.880. The summed E-state index contributed by atoms with van der Waals surface area (Å²) in [5.74, 6) is 0.0757. The second-order valence-corrected chi connectivity index (χ2v) is 6.41. The molecule has 2 heterocycles. The van der Waals surface area contributed by atoms with Crippen LogP contribution < -0.4 is 5.56 Å². The Morgan fingerprint density at radius 2 is 1.80 bits per heavy atom. The average Bonchev–Trinajstić information content (AvgIpc) is 2.80. The molecule has 0 aromatic carbocycles. The third-order valence-corrected chi connectivity index (χ3v) is 4.80. The van der Waals surface area contributed by atoms with Crippen molar-refractivity contribution >= 4 is 11.8 Å². The first-order valence-electron chi connectivity index (χ1n) is 8.51. The summed E-state index contributed by atoms with van der Waals surface area (Å²) in [5, 5.41) is 9.12. The Balaban J connectivity index is 2.05. The van der Waals surface area contributed by atoms with Gasteiger partial charge in [-0.1, -0.05) is 0 Å². The Morgan fingerprint density at radius 1 is 1.16 bits per heavy atom. The van der Waals surface area contributed by atoms with E-state index in [-0.39, 0.29) is 22.9 Å². The molecule has 1 aliphatic rings. The summed E-state index contributed by atoms with van der Waals surface area (Å²) in [6.07, 6.45) is 1.58. The fourth-order valence-corrected chi connectivity index (χ4v) is 3.29. The van der Waals surface area contributed by atoms with Gasteiger partial charge in [0.05, 0.1) is 0 Å².